The highest BCUT2D eigenvalue weighted by Gasteiger charge is 2.35. The van der Waals surface area contributed by atoms with Gasteiger partial charge in [0, 0.05) is 12.6 Å². The van der Waals surface area contributed by atoms with E-state index in [1.807, 2.05) is 36.4 Å². The second-order valence-corrected chi connectivity index (χ2v) is 7.66. The molecule has 0 aliphatic carbocycles. The maximum atomic E-state index is 12.5. The van der Waals surface area contributed by atoms with Crippen molar-refractivity contribution < 1.29 is 14.3 Å². The number of thiophene rings is 1. The first-order valence-electron chi connectivity index (χ1n) is 8.66. The number of carbonyl (C=O) groups excluding carboxylic acids is 1. The molecular formula is C19H22N2O3S. The fourth-order valence-electron chi connectivity index (χ4n) is 3.63. The normalized spacial score (nSPS) is 24.8. The summed E-state index contributed by atoms with van der Waals surface area (Å²) in [6, 6.07) is 11.4. The molecule has 132 valence electrons. The summed E-state index contributed by atoms with van der Waals surface area (Å²) in [7, 11) is 1.63. The number of nitrogens with one attached hydrogen (secondary N) is 1. The number of nitrogens with zero attached hydrogens (tertiary/aromatic N) is 1. The summed E-state index contributed by atoms with van der Waals surface area (Å²) < 4.78 is 11.0. The zero-order valence-corrected chi connectivity index (χ0v) is 15.1. The Labute approximate surface area is 151 Å². The molecule has 25 heavy (non-hydrogen) atoms. The first-order valence-corrected chi connectivity index (χ1v) is 9.48. The third-order valence-corrected chi connectivity index (χ3v) is 6.02. The zero-order chi connectivity index (χ0) is 17.2. The van der Waals surface area contributed by atoms with E-state index in [0.717, 1.165) is 18.0 Å². The van der Waals surface area contributed by atoms with Crippen LogP contribution in [0.25, 0.3) is 0 Å². The molecule has 1 atom stereocenters. The van der Waals surface area contributed by atoms with Gasteiger partial charge in [-0.15, -0.1) is 0 Å². The first kappa shape index (κ1) is 16.4. The lowest BCUT2D eigenvalue weighted by Gasteiger charge is -2.44. The molecule has 6 heteroatoms. The van der Waals surface area contributed by atoms with Gasteiger partial charge in [0.25, 0.3) is 5.91 Å². The number of hydrogen-bond donors (Lipinski definition) is 1. The SMILES string of the molecule is COc1ccc(Oc2ccc(C(=O)N[C@H]3CN4CCC3CC4)s2)cc1. The molecule has 3 aliphatic rings. The lowest BCUT2D eigenvalue weighted by molar-refractivity contribution is 0.0622. The number of methoxy groups -OCH3 is 1. The minimum Gasteiger partial charge on any atom is -0.497 e. The summed E-state index contributed by atoms with van der Waals surface area (Å²) in [5, 5.41) is 3.93. The molecule has 3 fully saturated rings. The standard InChI is InChI=1S/C19H22N2O3S/c1-23-14-2-4-15(5-3-14)24-18-7-6-17(25-18)19(22)20-16-12-21-10-8-13(16)9-11-21/h2-7,13,16H,8-12H2,1H3,(H,20,22)/t16-/m0/s1. The van der Waals surface area contributed by atoms with Gasteiger partial charge in [0.1, 0.15) is 11.5 Å². The minimum atomic E-state index is 0.00771. The summed E-state index contributed by atoms with van der Waals surface area (Å²) in [6.07, 6.45) is 2.39. The Kier molecular flexibility index (Phi) is 4.63. The Hall–Kier alpha value is -2.05. The van der Waals surface area contributed by atoms with E-state index < -0.39 is 0 Å². The van der Waals surface area contributed by atoms with E-state index in [2.05, 4.69) is 10.2 Å². The molecule has 3 saturated heterocycles. The molecule has 5 rings (SSSR count). The number of piperidine rings is 3. The molecule has 3 aliphatic heterocycles. The van der Waals surface area contributed by atoms with Crippen LogP contribution in [0.4, 0.5) is 0 Å². The monoisotopic (exact) mass is 358 g/mol. The summed E-state index contributed by atoms with van der Waals surface area (Å²) in [6.45, 7) is 3.34. The van der Waals surface area contributed by atoms with Gasteiger partial charge in [-0.2, -0.15) is 0 Å². The molecule has 4 heterocycles. The van der Waals surface area contributed by atoms with Crippen molar-refractivity contribution in [1.29, 1.82) is 0 Å². The number of fused-ring (bicyclic) bond motifs is 3. The second kappa shape index (κ2) is 7.06. The quantitative estimate of drug-likeness (QED) is 0.890. The molecule has 0 spiro atoms. The van der Waals surface area contributed by atoms with Crippen LogP contribution in [0.1, 0.15) is 22.5 Å². The zero-order valence-electron chi connectivity index (χ0n) is 14.2. The summed E-state index contributed by atoms with van der Waals surface area (Å²) in [4.78, 5) is 15.7. The smallest absolute Gasteiger partial charge is 0.261 e. The first-order chi connectivity index (χ1) is 12.2. The Morgan fingerprint density at radius 2 is 1.84 bits per heavy atom. The molecular weight excluding hydrogens is 336 g/mol. The fourth-order valence-corrected chi connectivity index (χ4v) is 4.40. The molecule has 2 bridgehead atoms. The third kappa shape index (κ3) is 3.65. The number of hydrogen-bond acceptors (Lipinski definition) is 5. The van der Waals surface area contributed by atoms with Crippen LogP contribution in [0.3, 0.4) is 0 Å². The Balaban J connectivity index is 1.37. The molecule has 2 aromatic rings. The van der Waals surface area contributed by atoms with Gasteiger partial charge in [-0.05, 0) is 68.2 Å². The molecule has 1 aromatic carbocycles. The van der Waals surface area contributed by atoms with Crippen LogP contribution < -0.4 is 14.8 Å². The van der Waals surface area contributed by atoms with E-state index >= 15 is 0 Å². The fraction of sp³-hybridized carbons (Fsp3) is 0.421. The molecule has 5 nitrogen and oxygen atoms in total. The van der Waals surface area contributed by atoms with Crippen molar-refractivity contribution in [3.63, 3.8) is 0 Å². The minimum absolute atomic E-state index is 0.00771. The molecule has 1 amide bonds. The molecule has 0 saturated carbocycles. The molecule has 0 unspecified atom stereocenters. The lowest BCUT2D eigenvalue weighted by Crippen LogP contribution is -2.57. The van der Waals surface area contributed by atoms with Crippen LogP contribution in [0.2, 0.25) is 0 Å². The third-order valence-electron chi connectivity index (χ3n) is 5.06. The summed E-state index contributed by atoms with van der Waals surface area (Å²) >= 11 is 1.38. The van der Waals surface area contributed by atoms with Crippen molar-refractivity contribution in [2.75, 3.05) is 26.7 Å². The van der Waals surface area contributed by atoms with Crippen molar-refractivity contribution in [2.24, 2.45) is 5.92 Å². The van der Waals surface area contributed by atoms with E-state index in [1.54, 1.807) is 7.11 Å². The van der Waals surface area contributed by atoms with Crippen molar-refractivity contribution >= 4 is 17.2 Å². The topological polar surface area (TPSA) is 50.8 Å². The van der Waals surface area contributed by atoms with Gasteiger partial charge in [-0.25, -0.2) is 0 Å². The second-order valence-electron chi connectivity index (χ2n) is 6.61. The Morgan fingerprint density at radius 3 is 2.48 bits per heavy atom. The predicted molar refractivity (Wildman–Crippen MR) is 97.8 cm³/mol. The predicted octanol–water partition coefficient (Wildman–Crippen LogP) is 3.37. The maximum absolute atomic E-state index is 12.5. The van der Waals surface area contributed by atoms with E-state index in [1.165, 1.54) is 37.3 Å². The average molecular weight is 358 g/mol. The van der Waals surface area contributed by atoms with Crippen molar-refractivity contribution in [2.45, 2.75) is 18.9 Å². The molecule has 0 radical (unpaired) electrons. The van der Waals surface area contributed by atoms with Crippen molar-refractivity contribution in [1.82, 2.24) is 10.2 Å². The molecule has 1 aromatic heterocycles. The van der Waals surface area contributed by atoms with E-state index in [-0.39, 0.29) is 11.9 Å². The number of carbonyl (C=O) groups is 1. The van der Waals surface area contributed by atoms with Gasteiger partial charge >= 0.3 is 0 Å². The highest BCUT2D eigenvalue weighted by Crippen LogP contribution is 2.31. The summed E-state index contributed by atoms with van der Waals surface area (Å²) in [5.74, 6) is 2.15. The summed E-state index contributed by atoms with van der Waals surface area (Å²) in [5.41, 5.74) is 0. The van der Waals surface area contributed by atoms with Crippen molar-refractivity contribution in [3.8, 4) is 16.6 Å². The van der Waals surface area contributed by atoms with Gasteiger partial charge in [0.15, 0.2) is 5.06 Å². The van der Waals surface area contributed by atoms with E-state index in [0.29, 0.717) is 15.9 Å². The van der Waals surface area contributed by atoms with Gasteiger partial charge in [-0.3, -0.25) is 4.79 Å². The number of ether oxygens (including phenoxy) is 2. The van der Waals surface area contributed by atoms with Crippen LogP contribution in [0.15, 0.2) is 36.4 Å². The highest BCUT2D eigenvalue weighted by molar-refractivity contribution is 7.15. The van der Waals surface area contributed by atoms with Gasteiger partial charge in [0.05, 0.1) is 12.0 Å². The van der Waals surface area contributed by atoms with Crippen LogP contribution in [-0.2, 0) is 0 Å². The van der Waals surface area contributed by atoms with Crippen LogP contribution in [0, 0.1) is 5.92 Å². The van der Waals surface area contributed by atoms with E-state index in [4.69, 9.17) is 9.47 Å². The van der Waals surface area contributed by atoms with Crippen LogP contribution in [-0.4, -0.2) is 43.6 Å². The van der Waals surface area contributed by atoms with Gasteiger partial charge in [-0.1, -0.05) is 11.3 Å². The molecule has 1 N–H and O–H groups in total. The van der Waals surface area contributed by atoms with E-state index in [9.17, 15) is 4.79 Å². The van der Waals surface area contributed by atoms with Crippen molar-refractivity contribution in [3.05, 3.63) is 41.3 Å². The number of benzene rings is 1. The number of amides is 1. The Bertz CT molecular complexity index is 735. The largest absolute Gasteiger partial charge is 0.497 e. The number of rotatable bonds is 5. The van der Waals surface area contributed by atoms with Crippen LogP contribution in [0.5, 0.6) is 16.6 Å². The van der Waals surface area contributed by atoms with Gasteiger partial charge < -0.3 is 19.7 Å². The van der Waals surface area contributed by atoms with Gasteiger partial charge in [0.2, 0.25) is 0 Å². The highest BCUT2D eigenvalue weighted by atomic mass is 32.1. The Morgan fingerprint density at radius 1 is 1.12 bits per heavy atom. The maximum Gasteiger partial charge on any atom is 0.261 e. The van der Waals surface area contributed by atoms with Crippen LogP contribution >= 0.6 is 11.3 Å². The lowest BCUT2D eigenvalue weighted by atomic mass is 9.84. The average Bonchev–Trinajstić information content (AvgIpc) is 3.12.